The normalized spacial score (nSPS) is 11.0. The number of nitrogens with zero attached hydrogens (tertiary/aromatic N) is 1. The number of benzene rings is 2. The first-order valence-corrected chi connectivity index (χ1v) is 9.99. The Hall–Kier alpha value is -2.93. The number of hydrogen-bond acceptors (Lipinski definition) is 6. The topological polar surface area (TPSA) is 83.2 Å². The van der Waals surface area contributed by atoms with E-state index in [2.05, 4.69) is 45.9 Å². The van der Waals surface area contributed by atoms with E-state index in [1.54, 1.807) is 29.7 Å². The Kier molecular flexibility index (Phi) is 5.53. The van der Waals surface area contributed by atoms with Crippen molar-refractivity contribution in [3.63, 3.8) is 0 Å². The van der Waals surface area contributed by atoms with E-state index in [9.17, 15) is 5.11 Å². The number of pyridine rings is 1. The number of aromatic hydroxyl groups is 1. The highest BCUT2D eigenvalue weighted by Gasteiger charge is 2.10. The van der Waals surface area contributed by atoms with E-state index >= 15 is 0 Å². The molecule has 142 valence electrons. The smallest absolute Gasteiger partial charge is 0.117 e. The fourth-order valence-corrected chi connectivity index (χ4v) is 4.17. The summed E-state index contributed by atoms with van der Waals surface area (Å²) in [5, 5.41) is 16.4. The van der Waals surface area contributed by atoms with Crippen LogP contribution in [0.5, 0.6) is 5.75 Å². The molecule has 2 aromatic heterocycles. The van der Waals surface area contributed by atoms with Crippen molar-refractivity contribution < 1.29 is 5.11 Å². The van der Waals surface area contributed by atoms with Crippen LogP contribution in [0.1, 0.15) is 5.56 Å². The highest BCUT2D eigenvalue weighted by atomic mass is 32.1. The molecule has 0 aliphatic rings. The summed E-state index contributed by atoms with van der Waals surface area (Å²) in [7, 11) is 0. The number of hydrogen-bond donors (Lipinski definition) is 4. The average Bonchev–Trinajstić information content (AvgIpc) is 3.14. The predicted octanol–water partition coefficient (Wildman–Crippen LogP) is 4.46. The first kappa shape index (κ1) is 18.4. The van der Waals surface area contributed by atoms with Gasteiger partial charge in [-0.2, -0.15) is 0 Å². The van der Waals surface area contributed by atoms with Gasteiger partial charge in [-0.3, -0.25) is 4.98 Å². The molecular weight excluding hydrogens is 368 g/mol. The molecule has 2 aromatic carbocycles. The third-order valence-corrected chi connectivity index (χ3v) is 5.61. The number of anilines is 2. The van der Waals surface area contributed by atoms with Gasteiger partial charge in [0.25, 0.3) is 0 Å². The van der Waals surface area contributed by atoms with Crippen LogP contribution in [0, 0.1) is 0 Å². The molecule has 5 nitrogen and oxygen atoms in total. The zero-order chi connectivity index (χ0) is 19.3. The maximum absolute atomic E-state index is 9.70. The van der Waals surface area contributed by atoms with Crippen molar-refractivity contribution in [1.29, 1.82) is 0 Å². The third kappa shape index (κ3) is 4.14. The van der Waals surface area contributed by atoms with Crippen LogP contribution in [0.15, 0.2) is 66.9 Å². The number of thiophene rings is 1. The van der Waals surface area contributed by atoms with Crippen molar-refractivity contribution in [2.45, 2.75) is 6.54 Å². The molecular formula is C22H22N4OS. The van der Waals surface area contributed by atoms with E-state index in [4.69, 9.17) is 5.73 Å². The number of nitrogens with one attached hydrogen (secondary N) is 2. The van der Waals surface area contributed by atoms with Crippen molar-refractivity contribution in [2.24, 2.45) is 5.73 Å². The maximum Gasteiger partial charge on any atom is 0.117 e. The molecule has 0 atom stereocenters. The van der Waals surface area contributed by atoms with Gasteiger partial charge < -0.3 is 21.5 Å². The van der Waals surface area contributed by atoms with Gasteiger partial charge in [0.15, 0.2) is 0 Å². The molecule has 0 spiro atoms. The van der Waals surface area contributed by atoms with Gasteiger partial charge in [0, 0.05) is 42.5 Å². The van der Waals surface area contributed by atoms with E-state index in [0.29, 0.717) is 6.54 Å². The van der Waals surface area contributed by atoms with Crippen molar-refractivity contribution in [2.75, 3.05) is 18.4 Å². The standard InChI is InChI=1S/C22H22N4OS/c23-8-10-24-14-15-3-1-4-16(11-15)21-13-20-22(28-21)19(7-9-25-20)26-17-5-2-6-18(27)12-17/h1-7,9,11-13,24,27H,8,10,14,23H2,(H,25,26). The minimum absolute atomic E-state index is 0.238. The maximum atomic E-state index is 9.70. The number of rotatable bonds is 7. The lowest BCUT2D eigenvalue weighted by Crippen LogP contribution is -2.21. The Bertz CT molecular complexity index is 1090. The van der Waals surface area contributed by atoms with Crippen molar-refractivity contribution in [3.05, 3.63) is 72.4 Å². The van der Waals surface area contributed by atoms with Crippen LogP contribution >= 0.6 is 11.3 Å². The fourth-order valence-electron chi connectivity index (χ4n) is 3.09. The fraction of sp³-hybridized carbons (Fsp3) is 0.136. The molecule has 5 N–H and O–H groups in total. The van der Waals surface area contributed by atoms with Crippen LogP contribution in [0.25, 0.3) is 20.7 Å². The quantitative estimate of drug-likeness (QED) is 0.350. The zero-order valence-electron chi connectivity index (χ0n) is 15.4. The van der Waals surface area contributed by atoms with Gasteiger partial charge in [0.1, 0.15) is 5.75 Å². The summed E-state index contributed by atoms with van der Waals surface area (Å²) in [4.78, 5) is 5.70. The summed E-state index contributed by atoms with van der Waals surface area (Å²) >= 11 is 1.71. The van der Waals surface area contributed by atoms with Gasteiger partial charge in [-0.15, -0.1) is 11.3 Å². The second kappa shape index (κ2) is 8.39. The number of phenols is 1. The van der Waals surface area contributed by atoms with Gasteiger partial charge in [-0.25, -0.2) is 0 Å². The molecule has 0 radical (unpaired) electrons. The Morgan fingerprint density at radius 2 is 1.93 bits per heavy atom. The molecule has 0 aliphatic carbocycles. The Balaban J connectivity index is 1.64. The van der Waals surface area contributed by atoms with Crippen LogP contribution in [0.2, 0.25) is 0 Å². The molecule has 0 saturated carbocycles. The largest absolute Gasteiger partial charge is 0.508 e. The van der Waals surface area contributed by atoms with Crippen molar-refractivity contribution in [1.82, 2.24) is 10.3 Å². The minimum Gasteiger partial charge on any atom is -0.508 e. The number of nitrogens with two attached hydrogens (primary N) is 1. The summed E-state index contributed by atoms with van der Waals surface area (Å²) in [6.45, 7) is 2.25. The van der Waals surface area contributed by atoms with Gasteiger partial charge >= 0.3 is 0 Å². The van der Waals surface area contributed by atoms with E-state index < -0.39 is 0 Å². The second-order valence-electron chi connectivity index (χ2n) is 6.52. The average molecular weight is 391 g/mol. The van der Waals surface area contributed by atoms with Crippen LogP contribution < -0.4 is 16.4 Å². The molecule has 0 aliphatic heterocycles. The molecule has 6 heteroatoms. The lowest BCUT2D eigenvalue weighted by atomic mass is 10.1. The van der Waals surface area contributed by atoms with Gasteiger partial charge in [0.2, 0.25) is 0 Å². The molecule has 2 heterocycles. The number of phenolic OH excluding ortho intramolecular Hbond substituents is 1. The number of fused-ring (bicyclic) bond motifs is 1. The van der Waals surface area contributed by atoms with Gasteiger partial charge in [-0.05, 0) is 41.5 Å². The van der Waals surface area contributed by atoms with E-state index in [0.717, 1.165) is 34.7 Å². The summed E-state index contributed by atoms with van der Waals surface area (Å²) in [6.07, 6.45) is 1.80. The van der Waals surface area contributed by atoms with E-state index in [-0.39, 0.29) is 5.75 Å². The summed E-state index contributed by atoms with van der Waals surface area (Å²) < 4.78 is 1.09. The SMILES string of the molecule is NCCNCc1cccc(-c2cc3nccc(Nc4cccc(O)c4)c3s2)c1. The first-order valence-electron chi connectivity index (χ1n) is 9.17. The molecule has 4 aromatic rings. The van der Waals surface area contributed by atoms with Crippen molar-refractivity contribution >= 4 is 32.9 Å². The highest BCUT2D eigenvalue weighted by molar-refractivity contribution is 7.22. The first-order chi connectivity index (χ1) is 13.7. The lowest BCUT2D eigenvalue weighted by molar-refractivity contribution is 0.475. The third-order valence-electron chi connectivity index (χ3n) is 4.40. The molecule has 4 rings (SSSR count). The van der Waals surface area contributed by atoms with E-state index in [1.165, 1.54) is 16.0 Å². The molecule has 0 fully saturated rings. The molecule has 0 saturated heterocycles. The lowest BCUT2D eigenvalue weighted by Gasteiger charge is -2.07. The molecule has 0 amide bonds. The van der Waals surface area contributed by atoms with Crippen LogP contribution in [0.4, 0.5) is 11.4 Å². The Labute approximate surface area is 167 Å². The summed E-state index contributed by atoms with van der Waals surface area (Å²) in [5.74, 6) is 0.238. The van der Waals surface area contributed by atoms with Crippen LogP contribution in [-0.2, 0) is 6.54 Å². The zero-order valence-corrected chi connectivity index (χ0v) is 16.2. The predicted molar refractivity (Wildman–Crippen MR) is 117 cm³/mol. The van der Waals surface area contributed by atoms with Gasteiger partial charge in [-0.1, -0.05) is 24.3 Å². The molecule has 0 bridgehead atoms. The van der Waals surface area contributed by atoms with Crippen LogP contribution in [-0.4, -0.2) is 23.2 Å². The second-order valence-corrected chi connectivity index (χ2v) is 7.58. The highest BCUT2D eigenvalue weighted by Crippen LogP contribution is 2.37. The Morgan fingerprint density at radius 1 is 1.04 bits per heavy atom. The molecule has 0 unspecified atom stereocenters. The van der Waals surface area contributed by atoms with Gasteiger partial charge in [0.05, 0.1) is 15.9 Å². The summed E-state index contributed by atoms with van der Waals surface area (Å²) in [6, 6.07) is 19.7. The molecule has 28 heavy (non-hydrogen) atoms. The number of aromatic nitrogens is 1. The monoisotopic (exact) mass is 390 g/mol. The van der Waals surface area contributed by atoms with Crippen molar-refractivity contribution in [3.8, 4) is 16.2 Å². The Morgan fingerprint density at radius 3 is 2.79 bits per heavy atom. The minimum atomic E-state index is 0.238. The van der Waals surface area contributed by atoms with E-state index in [1.807, 2.05) is 18.2 Å². The van der Waals surface area contributed by atoms with Crippen LogP contribution in [0.3, 0.4) is 0 Å². The summed E-state index contributed by atoms with van der Waals surface area (Å²) in [5.41, 5.74) is 10.7.